The van der Waals surface area contributed by atoms with Gasteiger partial charge >= 0.3 is 0 Å². The van der Waals surface area contributed by atoms with Gasteiger partial charge in [0.25, 0.3) is 0 Å². The SMILES string of the molecule is N#Cc1ccc2ccc(CCO)cc2c1. The highest BCUT2D eigenvalue weighted by molar-refractivity contribution is 5.84. The van der Waals surface area contributed by atoms with E-state index in [-0.39, 0.29) is 6.61 Å². The van der Waals surface area contributed by atoms with E-state index in [4.69, 9.17) is 10.4 Å². The van der Waals surface area contributed by atoms with Crippen LogP contribution in [-0.4, -0.2) is 11.7 Å². The van der Waals surface area contributed by atoms with E-state index in [2.05, 4.69) is 6.07 Å². The zero-order valence-electron chi connectivity index (χ0n) is 8.27. The summed E-state index contributed by atoms with van der Waals surface area (Å²) in [5.74, 6) is 0. The van der Waals surface area contributed by atoms with E-state index in [0.717, 1.165) is 16.3 Å². The third-order valence-corrected chi connectivity index (χ3v) is 2.43. The minimum absolute atomic E-state index is 0.156. The Kier molecular flexibility index (Phi) is 2.66. The summed E-state index contributed by atoms with van der Waals surface area (Å²) in [6.45, 7) is 0.156. The molecule has 15 heavy (non-hydrogen) atoms. The molecule has 0 spiro atoms. The summed E-state index contributed by atoms with van der Waals surface area (Å²) in [4.78, 5) is 0. The van der Waals surface area contributed by atoms with E-state index >= 15 is 0 Å². The molecular formula is C13H11NO. The number of aliphatic hydroxyl groups is 1. The molecule has 0 unspecified atom stereocenters. The van der Waals surface area contributed by atoms with Crippen molar-refractivity contribution in [3.63, 3.8) is 0 Å². The van der Waals surface area contributed by atoms with Crippen LogP contribution in [0.3, 0.4) is 0 Å². The van der Waals surface area contributed by atoms with Crippen LogP contribution in [0.5, 0.6) is 0 Å². The summed E-state index contributed by atoms with van der Waals surface area (Å²) in [6, 6.07) is 13.8. The average Bonchev–Trinajstić information content (AvgIpc) is 2.28. The first-order chi connectivity index (χ1) is 7.33. The second-order valence-corrected chi connectivity index (χ2v) is 3.48. The van der Waals surface area contributed by atoms with Crippen molar-refractivity contribution in [3.8, 4) is 6.07 Å². The van der Waals surface area contributed by atoms with Gasteiger partial charge in [0.2, 0.25) is 0 Å². The summed E-state index contributed by atoms with van der Waals surface area (Å²) in [5, 5.41) is 19.8. The van der Waals surface area contributed by atoms with Crippen LogP contribution >= 0.6 is 0 Å². The Labute approximate surface area is 88.4 Å². The van der Waals surface area contributed by atoms with Crippen molar-refractivity contribution in [1.29, 1.82) is 5.26 Å². The molecule has 0 saturated carbocycles. The average molecular weight is 197 g/mol. The standard InChI is InChI=1S/C13H11NO/c14-9-11-2-4-12-3-1-10(5-6-15)7-13(12)8-11/h1-4,7-8,15H,5-6H2. The number of hydrogen-bond acceptors (Lipinski definition) is 2. The van der Waals surface area contributed by atoms with E-state index in [1.165, 1.54) is 0 Å². The van der Waals surface area contributed by atoms with Crippen molar-refractivity contribution in [2.45, 2.75) is 6.42 Å². The Hall–Kier alpha value is -1.85. The van der Waals surface area contributed by atoms with Crippen molar-refractivity contribution in [3.05, 3.63) is 47.5 Å². The number of nitriles is 1. The molecule has 0 saturated heterocycles. The quantitative estimate of drug-likeness (QED) is 0.802. The smallest absolute Gasteiger partial charge is 0.0991 e. The predicted molar refractivity (Wildman–Crippen MR) is 59.5 cm³/mol. The molecule has 2 aromatic carbocycles. The summed E-state index contributed by atoms with van der Waals surface area (Å²) >= 11 is 0. The van der Waals surface area contributed by atoms with Crippen LogP contribution in [0.15, 0.2) is 36.4 Å². The van der Waals surface area contributed by atoms with Crippen LogP contribution in [-0.2, 0) is 6.42 Å². The molecule has 2 aromatic rings. The van der Waals surface area contributed by atoms with Crippen LogP contribution < -0.4 is 0 Å². The van der Waals surface area contributed by atoms with Gasteiger partial charge in [0, 0.05) is 6.61 Å². The minimum atomic E-state index is 0.156. The highest BCUT2D eigenvalue weighted by Gasteiger charge is 1.98. The number of fused-ring (bicyclic) bond motifs is 1. The molecule has 0 aliphatic heterocycles. The predicted octanol–water partition coefficient (Wildman–Crippen LogP) is 2.25. The zero-order chi connectivity index (χ0) is 10.7. The van der Waals surface area contributed by atoms with Gasteiger partial charge in [-0.15, -0.1) is 0 Å². The van der Waals surface area contributed by atoms with E-state index in [9.17, 15) is 0 Å². The molecule has 0 atom stereocenters. The largest absolute Gasteiger partial charge is 0.396 e. The van der Waals surface area contributed by atoms with Gasteiger partial charge in [-0.1, -0.05) is 24.3 Å². The van der Waals surface area contributed by atoms with Gasteiger partial charge in [-0.05, 0) is 34.9 Å². The maximum atomic E-state index is 8.84. The maximum absolute atomic E-state index is 8.84. The Morgan fingerprint density at radius 1 is 1.07 bits per heavy atom. The third kappa shape index (κ3) is 1.98. The summed E-state index contributed by atoms with van der Waals surface area (Å²) < 4.78 is 0. The van der Waals surface area contributed by atoms with E-state index < -0.39 is 0 Å². The van der Waals surface area contributed by atoms with Gasteiger partial charge in [-0.2, -0.15) is 5.26 Å². The lowest BCUT2D eigenvalue weighted by molar-refractivity contribution is 0.299. The van der Waals surface area contributed by atoms with Gasteiger partial charge in [-0.25, -0.2) is 0 Å². The first-order valence-electron chi connectivity index (χ1n) is 4.87. The van der Waals surface area contributed by atoms with Gasteiger partial charge in [-0.3, -0.25) is 0 Å². The Balaban J connectivity index is 2.54. The fraction of sp³-hybridized carbons (Fsp3) is 0.154. The highest BCUT2D eigenvalue weighted by atomic mass is 16.2. The molecule has 0 aliphatic carbocycles. The molecule has 0 fully saturated rings. The van der Waals surface area contributed by atoms with Gasteiger partial charge < -0.3 is 5.11 Å². The first kappa shape index (κ1) is 9.70. The first-order valence-corrected chi connectivity index (χ1v) is 4.87. The lowest BCUT2D eigenvalue weighted by Gasteiger charge is -2.02. The fourth-order valence-corrected chi connectivity index (χ4v) is 1.65. The summed E-state index contributed by atoms with van der Waals surface area (Å²) in [7, 11) is 0. The van der Waals surface area contributed by atoms with Gasteiger partial charge in [0.05, 0.1) is 11.6 Å². The Bertz CT molecular complexity index is 526. The molecule has 0 aliphatic rings. The minimum Gasteiger partial charge on any atom is -0.396 e. The van der Waals surface area contributed by atoms with Crippen molar-refractivity contribution in [2.24, 2.45) is 0 Å². The van der Waals surface area contributed by atoms with Crippen molar-refractivity contribution < 1.29 is 5.11 Å². The topological polar surface area (TPSA) is 44.0 Å². The molecule has 0 bridgehead atoms. The van der Waals surface area contributed by atoms with Crippen molar-refractivity contribution in [2.75, 3.05) is 6.61 Å². The third-order valence-electron chi connectivity index (χ3n) is 2.43. The summed E-state index contributed by atoms with van der Waals surface area (Å²) in [5.41, 5.74) is 1.77. The molecule has 2 heteroatoms. The number of aliphatic hydroxyl groups excluding tert-OH is 1. The van der Waals surface area contributed by atoms with Crippen LogP contribution in [0, 0.1) is 11.3 Å². The molecule has 74 valence electrons. The molecule has 1 N–H and O–H groups in total. The second-order valence-electron chi connectivity index (χ2n) is 3.48. The number of benzene rings is 2. The van der Waals surface area contributed by atoms with E-state index in [1.807, 2.05) is 36.4 Å². The zero-order valence-corrected chi connectivity index (χ0v) is 8.27. The molecule has 0 amide bonds. The number of nitrogens with zero attached hydrogens (tertiary/aromatic N) is 1. The van der Waals surface area contributed by atoms with Crippen LogP contribution in [0.1, 0.15) is 11.1 Å². The van der Waals surface area contributed by atoms with Gasteiger partial charge in [0.15, 0.2) is 0 Å². The van der Waals surface area contributed by atoms with Crippen LogP contribution in [0.4, 0.5) is 0 Å². The van der Waals surface area contributed by atoms with Gasteiger partial charge in [0.1, 0.15) is 0 Å². The van der Waals surface area contributed by atoms with Crippen LogP contribution in [0.25, 0.3) is 10.8 Å². The molecule has 0 aromatic heterocycles. The van der Waals surface area contributed by atoms with E-state index in [0.29, 0.717) is 12.0 Å². The number of hydrogen-bond donors (Lipinski definition) is 1. The lowest BCUT2D eigenvalue weighted by Crippen LogP contribution is -1.90. The number of rotatable bonds is 2. The normalized spacial score (nSPS) is 10.1. The molecule has 0 heterocycles. The monoisotopic (exact) mass is 197 g/mol. The lowest BCUT2D eigenvalue weighted by atomic mass is 10.0. The Morgan fingerprint density at radius 3 is 2.60 bits per heavy atom. The van der Waals surface area contributed by atoms with Crippen LogP contribution in [0.2, 0.25) is 0 Å². The molecular weight excluding hydrogens is 186 g/mol. The van der Waals surface area contributed by atoms with E-state index in [1.54, 1.807) is 0 Å². The fourth-order valence-electron chi connectivity index (χ4n) is 1.65. The van der Waals surface area contributed by atoms with Crippen molar-refractivity contribution in [1.82, 2.24) is 0 Å². The molecule has 0 radical (unpaired) electrons. The summed E-state index contributed by atoms with van der Waals surface area (Å²) in [6.07, 6.45) is 0.659. The Morgan fingerprint density at radius 2 is 1.87 bits per heavy atom. The second kappa shape index (κ2) is 4.12. The maximum Gasteiger partial charge on any atom is 0.0991 e. The van der Waals surface area contributed by atoms with Crippen molar-refractivity contribution >= 4 is 10.8 Å². The molecule has 2 rings (SSSR count). The molecule has 2 nitrogen and oxygen atoms in total. The highest BCUT2D eigenvalue weighted by Crippen LogP contribution is 2.17.